The Labute approximate surface area is 234 Å². The van der Waals surface area contributed by atoms with Crippen LogP contribution in [0.4, 0.5) is 0 Å². The zero-order chi connectivity index (χ0) is 28.1. The molecule has 0 radical (unpaired) electrons. The number of likely N-dealkylation sites (tertiary alicyclic amines) is 1. The number of benzene rings is 3. The molecule has 0 unspecified atom stereocenters. The minimum Gasteiger partial charge on any atom is -0.457 e. The van der Waals surface area contributed by atoms with E-state index in [9.17, 15) is 8.42 Å². The van der Waals surface area contributed by atoms with Crippen molar-refractivity contribution in [2.24, 2.45) is 16.6 Å². The van der Waals surface area contributed by atoms with E-state index in [1.807, 2.05) is 65.6 Å². The highest BCUT2D eigenvalue weighted by molar-refractivity contribution is 7.90. The number of sulfone groups is 1. The summed E-state index contributed by atoms with van der Waals surface area (Å²) in [5.41, 5.74) is 9.97. The number of para-hydroxylation sites is 1. The van der Waals surface area contributed by atoms with Crippen molar-refractivity contribution in [3.05, 3.63) is 91.0 Å². The van der Waals surface area contributed by atoms with Crippen LogP contribution in [0.2, 0.25) is 0 Å². The fourth-order valence-electron chi connectivity index (χ4n) is 5.11. The van der Waals surface area contributed by atoms with E-state index < -0.39 is 9.84 Å². The predicted molar refractivity (Wildman–Crippen MR) is 156 cm³/mol. The molecule has 2 heterocycles. The second-order valence-electron chi connectivity index (χ2n) is 9.95. The fourth-order valence-corrected chi connectivity index (χ4v) is 5.74. The van der Waals surface area contributed by atoms with Gasteiger partial charge in [-0.15, -0.1) is 4.99 Å². The maximum atomic E-state index is 12.0. The molecule has 1 aromatic heterocycles. The van der Waals surface area contributed by atoms with Crippen molar-refractivity contribution in [3.63, 3.8) is 0 Å². The Kier molecular flexibility index (Phi) is 7.89. The van der Waals surface area contributed by atoms with Crippen LogP contribution in [0.3, 0.4) is 0 Å². The molecule has 0 amide bonds. The summed E-state index contributed by atoms with van der Waals surface area (Å²) in [4.78, 5) is 5.93. The quantitative estimate of drug-likeness (QED) is 0.183. The number of piperidine rings is 1. The average Bonchev–Trinajstić information content (AvgIpc) is 3.37. The summed E-state index contributed by atoms with van der Waals surface area (Å²) < 4.78 is 32.5. The molecule has 0 aliphatic carbocycles. The van der Waals surface area contributed by atoms with Gasteiger partial charge in [-0.1, -0.05) is 42.5 Å². The van der Waals surface area contributed by atoms with E-state index in [1.165, 1.54) is 6.26 Å². The van der Waals surface area contributed by atoms with Gasteiger partial charge in [-0.05, 0) is 72.9 Å². The number of guanidine groups is 1. The maximum absolute atomic E-state index is 12.0. The van der Waals surface area contributed by atoms with Crippen LogP contribution in [-0.2, 0) is 16.4 Å². The number of aliphatic imine (C=N–C) groups is 1. The summed E-state index contributed by atoms with van der Waals surface area (Å²) in [7, 11) is -3.28. The van der Waals surface area contributed by atoms with Crippen LogP contribution in [0, 0.1) is 17.4 Å². The lowest BCUT2D eigenvalue weighted by Crippen LogP contribution is -2.43. The summed E-state index contributed by atoms with van der Waals surface area (Å²) in [6.07, 6.45) is 4.79. The molecule has 0 saturated carbocycles. The topological polar surface area (TPSA) is 114 Å². The van der Waals surface area contributed by atoms with Gasteiger partial charge in [-0.3, -0.25) is 0 Å². The third kappa shape index (κ3) is 6.19. The molecule has 1 aliphatic heterocycles. The van der Waals surface area contributed by atoms with E-state index in [0.29, 0.717) is 10.8 Å². The molecule has 0 atom stereocenters. The van der Waals surface area contributed by atoms with Crippen LogP contribution in [0.15, 0.2) is 101 Å². The molecule has 0 bridgehead atoms. The first-order chi connectivity index (χ1) is 19.3. The third-order valence-corrected chi connectivity index (χ3v) is 8.34. The maximum Gasteiger partial charge on any atom is 0.209 e. The summed E-state index contributed by atoms with van der Waals surface area (Å²) in [6.45, 7) is 2.24. The fraction of sp³-hybridized carbons (Fsp3) is 0.226. The predicted octanol–water partition coefficient (Wildman–Crippen LogP) is 5.53. The highest BCUT2D eigenvalue weighted by Crippen LogP contribution is 2.34. The Morgan fingerprint density at radius 1 is 0.925 bits per heavy atom. The van der Waals surface area contributed by atoms with Gasteiger partial charge in [0.15, 0.2) is 9.84 Å². The summed E-state index contributed by atoms with van der Waals surface area (Å²) in [6, 6.07) is 29.0. The molecular formula is C31H31N5O3S. The lowest BCUT2D eigenvalue weighted by molar-refractivity contribution is 0.245. The van der Waals surface area contributed by atoms with Crippen molar-refractivity contribution in [2.45, 2.75) is 24.3 Å². The van der Waals surface area contributed by atoms with Crippen molar-refractivity contribution >= 4 is 15.8 Å². The molecule has 1 fully saturated rings. The Morgan fingerprint density at radius 3 is 2.23 bits per heavy atom. The standard InChI is InChI=1S/C31H31N5O3S/c1-40(37,38)28-12-10-24(11-13-28)29-14-15-30(25-6-5-9-27(20-25)39-26-7-3-2-4-8-26)36(29)21-23-16-18-35(19-17-23)31(33)34-22-32/h2-15,20,23H,16-19,21H2,1H3,(H2,33,34). The molecule has 0 spiro atoms. The van der Waals surface area contributed by atoms with E-state index in [-0.39, 0.29) is 5.96 Å². The monoisotopic (exact) mass is 553 g/mol. The van der Waals surface area contributed by atoms with Gasteiger partial charge < -0.3 is 19.9 Å². The van der Waals surface area contributed by atoms with Crippen LogP contribution in [0.1, 0.15) is 12.8 Å². The van der Waals surface area contributed by atoms with E-state index in [4.69, 9.17) is 15.7 Å². The van der Waals surface area contributed by atoms with Gasteiger partial charge in [-0.2, -0.15) is 5.26 Å². The average molecular weight is 554 g/mol. The number of nitrogens with two attached hydrogens (primary N) is 1. The Balaban J connectivity index is 1.47. The first-order valence-corrected chi connectivity index (χ1v) is 15.0. The minimum atomic E-state index is -3.28. The number of ether oxygens (including phenoxy) is 1. The molecular weight excluding hydrogens is 522 g/mol. The molecule has 8 nitrogen and oxygen atoms in total. The largest absolute Gasteiger partial charge is 0.457 e. The van der Waals surface area contributed by atoms with Crippen molar-refractivity contribution in [2.75, 3.05) is 19.3 Å². The second-order valence-corrected chi connectivity index (χ2v) is 12.0. The zero-order valence-corrected chi connectivity index (χ0v) is 23.1. The Morgan fingerprint density at radius 2 is 1.57 bits per heavy atom. The Hall–Kier alpha value is -4.55. The second kappa shape index (κ2) is 11.7. The number of rotatable bonds is 7. The first-order valence-electron chi connectivity index (χ1n) is 13.1. The molecule has 9 heteroatoms. The van der Waals surface area contributed by atoms with Gasteiger partial charge in [0.1, 0.15) is 11.5 Å². The number of aromatic nitrogens is 1. The van der Waals surface area contributed by atoms with Gasteiger partial charge in [0.2, 0.25) is 12.2 Å². The van der Waals surface area contributed by atoms with Crippen LogP contribution in [-0.4, -0.2) is 43.2 Å². The minimum absolute atomic E-state index is 0.268. The molecule has 204 valence electrons. The van der Waals surface area contributed by atoms with Crippen molar-refractivity contribution in [1.29, 1.82) is 5.26 Å². The van der Waals surface area contributed by atoms with Crippen molar-refractivity contribution in [3.8, 4) is 40.2 Å². The molecule has 1 saturated heterocycles. The van der Waals surface area contributed by atoms with E-state index >= 15 is 0 Å². The lowest BCUT2D eigenvalue weighted by atomic mass is 9.96. The van der Waals surface area contributed by atoms with Crippen LogP contribution in [0.25, 0.3) is 22.5 Å². The Bertz CT molecular complexity index is 1650. The molecule has 5 rings (SSSR count). The molecule has 1 aliphatic rings. The molecule has 40 heavy (non-hydrogen) atoms. The van der Waals surface area contributed by atoms with Gasteiger partial charge in [0, 0.05) is 42.8 Å². The number of hydrogen-bond donors (Lipinski definition) is 1. The number of nitriles is 1. The first kappa shape index (κ1) is 27.0. The third-order valence-electron chi connectivity index (χ3n) is 7.21. The van der Waals surface area contributed by atoms with E-state index in [1.54, 1.807) is 18.3 Å². The van der Waals surface area contributed by atoms with Gasteiger partial charge in [-0.25, -0.2) is 8.42 Å². The highest BCUT2D eigenvalue weighted by Gasteiger charge is 2.23. The number of hydrogen-bond acceptors (Lipinski definition) is 5. The lowest BCUT2D eigenvalue weighted by Gasteiger charge is -2.33. The van der Waals surface area contributed by atoms with E-state index in [2.05, 4.69) is 27.8 Å². The molecule has 3 aromatic carbocycles. The summed E-state index contributed by atoms with van der Waals surface area (Å²) in [5, 5.41) is 8.84. The zero-order valence-electron chi connectivity index (χ0n) is 22.3. The summed E-state index contributed by atoms with van der Waals surface area (Å²) in [5.74, 6) is 2.17. The smallest absolute Gasteiger partial charge is 0.209 e. The normalized spacial score (nSPS) is 14.6. The van der Waals surface area contributed by atoms with Crippen LogP contribution in [0.5, 0.6) is 11.5 Å². The van der Waals surface area contributed by atoms with Crippen molar-refractivity contribution < 1.29 is 13.2 Å². The van der Waals surface area contributed by atoms with Crippen molar-refractivity contribution in [1.82, 2.24) is 9.47 Å². The summed E-state index contributed by atoms with van der Waals surface area (Å²) >= 11 is 0. The van der Waals surface area contributed by atoms with Crippen LogP contribution < -0.4 is 10.5 Å². The SMILES string of the molecule is CS(=O)(=O)c1ccc(-c2ccc(-c3cccc(Oc4ccccc4)c3)n2CC2CCN(C(N)=NC#N)CC2)cc1. The van der Waals surface area contributed by atoms with Gasteiger partial charge >= 0.3 is 0 Å². The molecule has 2 N–H and O–H groups in total. The van der Waals surface area contributed by atoms with E-state index in [0.717, 1.165) is 66.5 Å². The van der Waals surface area contributed by atoms with Gasteiger partial charge in [0.05, 0.1) is 4.90 Å². The van der Waals surface area contributed by atoms with Crippen LogP contribution >= 0.6 is 0 Å². The number of nitrogens with zero attached hydrogens (tertiary/aromatic N) is 4. The molecule has 4 aromatic rings. The van der Waals surface area contributed by atoms with Gasteiger partial charge in [0.25, 0.3) is 0 Å². The highest BCUT2D eigenvalue weighted by atomic mass is 32.2.